The van der Waals surface area contributed by atoms with Gasteiger partial charge < -0.3 is 19.7 Å². The standard InChI is InChI=1S/C15H23ClN2O3/c1-5-6-17-9-11-7-12(16)15(13(8-11)20-4)21-10-14(19)18(2)3/h7-8,17H,5-6,9-10H2,1-4H3. The smallest absolute Gasteiger partial charge is 0.259 e. The van der Waals surface area contributed by atoms with Crippen molar-refractivity contribution in [2.24, 2.45) is 0 Å². The molecule has 1 rings (SSSR count). The minimum Gasteiger partial charge on any atom is -0.493 e. The lowest BCUT2D eigenvalue weighted by atomic mass is 10.2. The molecule has 1 aromatic rings. The van der Waals surface area contributed by atoms with Crippen molar-refractivity contribution in [3.63, 3.8) is 0 Å². The fourth-order valence-corrected chi connectivity index (χ4v) is 1.98. The van der Waals surface area contributed by atoms with Gasteiger partial charge in [0.25, 0.3) is 5.91 Å². The number of nitrogens with zero attached hydrogens (tertiary/aromatic N) is 1. The van der Waals surface area contributed by atoms with Crippen LogP contribution < -0.4 is 14.8 Å². The summed E-state index contributed by atoms with van der Waals surface area (Å²) in [5, 5.41) is 3.74. The van der Waals surface area contributed by atoms with Crippen LogP contribution in [0, 0.1) is 0 Å². The highest BCUT2D eigenvalue weighted by Crippen LogP contribution is 2.36. The molecule has 0 saturated carbocycles. The molecule has 0 atom stereocenters. The van der Waals surface area contributed by atoms with E-state index in [0.29, 0.717) is 23.1 Å². The highest BCUT2D eigenvalue weighted by molar-refractivity contribution is 6.32. The first-order chi connectivity index (χ1) is 9.99. The number of carbonyl (C=O) groups excluding carboxylic acids is 1. The Labute approximate surface area is 131 Å². The lowest BCUT2D eigenvalue weighted by Crippen LogP contribution is -2.27. The van der Waals surface area contributed by atoms with E-state index >= 15 is 0 Å². The van der Waals surface area contributed by atoms with Crippen LogP contribution in [0.1, 0.15) is 18.9 Å². The van der Waals surface area contributed by atoms with Crippen LogP contribution in [0.25, 0.3) is 0 Å². The van der Waals surface area contributed by atoms with Gasteiger partial charge in [0.1, 0.15) is 0 Å². The second-order valence-corrected chi connectivity index (χ2v) is 5.27. The molecule has 1 aromatic carbocycles. The topological polar surface area (TPSA) is 50.8 Å². The van der Waals surface area contributed by atoms with Gasteiger partial charge in [-0.1, -0.05) is 18.5 Å². The molecule has 0 radical (unpaired) electrons. The molecule has 0 unspecified atom stereocenters. The number of rotatable bonds is 8. The molecule has 6 heteroatoms. The first kappa shape index (κ1) is 17.6. The van der Waals surface area contributed by atoms with E-state index < -0.39 is 0 Å². The molecule has 1 N–H and O–H groups in total. The highest BCUT2D eigenvalue weighted by Gasteiger charge is 2.14. The number of ether oxygens (including phenoxy) is 2. The minimum atomic E-state index is -0.137. The minimum absolute atomic E-state index is 0.0729. The SMILES string of the molecule is CCCNCc1cc(Cl)c(OCC(=O)N(C)C)c(OC)c1. The van der Waals surface area contributed by atoms with Gasteiger partial charge in [0.15, 0.2) is 18.1 Å². The molecule has 21 heavy (non-hydrogen) atoms. The van der Waals surface area contributed by atoms with Crippen molar-refractivity contribution in [1.82, 2.24) is 10.2 Å². The van der Waals surface area contributed by atoms with Gasteiger partial charge in [-0.05, 0) is 30.7 Å². The maximum atomic E-state index is 11.6. The van der Waals surface area contributed by atoms with Crippen LogP contribution in [0.4, 0.5) is 0 Å². The molecule has 0 aliphatic carbocycles. The van der Waals surface area contributed by atoms with Crippen LogP contribution in [-0.2, 0) is 11.3 Å². The van der Waals surface area contributed by atoms with Crippen LogP contribution in [0.15, 0.2) is 12.1 Å². The fraction of sp³-hybridized carbons (Fsp3) is 0.533. The Bertz CT molecular complexity index is 478. The number of carbonyl (C=O) groups is 1. The summed E-state index contributed by atoms with van der Waals surface area (Å²) in [4.78, 5) is 13.0. The number of halogens is 1. The Balaban J connectivity index is 2.82. The summed E-state index contributed by atoms with van der Waals surface area (Å²) in [6.07, 6.45) is 1.07. The second kappa shape index (κ2) is 8.74. The largest absolute Gasteiger partial charge is 0.493 e. The van der Waals surface area contributed by atoms with E-state index in [4.69, 9.17) is 21.1 Å². The Morgan fingerprint density at radius 2 is 2.10 bits per heavy atom. The monoisotopic (exact) mass is 314 g/mol. The number of hydrogen-bond donors (Lipinski definition) is 1. The summed E-state index contributed by atoms with van der Waals surface area (Å²) in [5.74, 6) is 0.790. The molecule has 0 aliphatic heterocycles. The number of amides is 1. The molecular formula is C15H23ClN2O3. The van der Waals surface area contributed by atoms with E-state index in [2.05, 4.69) is 12.2 Å². The van der Waals surface area contributed by atoms with Gasteiger partial charge in [0.2, 0.25) is 0 Å². The molecule has 0 fully saturated rings. The van der Waals surface area contributed by atoms with Gasteiger partial charge >= 0.3 is 0 Å². The summed E-state index contributed by atoms with van der Waals surface area (Å²) < 4.78 is 10.8. The lowest BCUT2D eigenvalue weighted by molar-refractivity contribution is -0.130. The Hall–Kier alpha value is -1.46. The van der Waals surface area contributed by atoms with Gasteiger partial charge in [-0.15, -0.1) is 0 Å². The summed E-state index contributed by atoms with van der Waals surface area (Å²) in [7, 11) is 4.90. The quantitative estimate of drug-likeness (QED) is 0.748. The van der Waals surface area contributed by atoms with E-state index in [1.807, 2.05) is 12.1 Å². The summed E-state index contributed by atoms with van der Waals surface area (Å²) in [5.41, 5.74) is 1.01. The van der Waals surface area contributed by atoms with Crippen LogP contribution >= 0.6 is 11.6 Å². The Kier molecular flexibility index (Phi) is 7.32. The van der Waals surface area contributed by atoms with Crippen LogP contribution in [-0.4, -0.2) is 45.2 Å². The molecule has 0 heterocycles. The van der Waals surface area contributed by atoms with Gasteiger partial charge in [-0.2, -0.15) is 0 Å². The Morgan fingerprint density at radius 1 is 1.38 bits per heavy atom. The average molecular weight is 315 g/mol. The van der Waals surface area contributed by atoms with Crippen molar-refractivity contribution in [3.05, 3.63) is 22.7 Å². The molecular weight excluding hydrogens is 292 g/mol. The van der Waals surface area contributed by atoms with E-state index in [9.17, 15) is 4.79 Å². The summed E-state index contributed by atoms with van der Waals surface area (Å²) in [6, 6.07) is 3.69. The number of hydrogen-bond acceptors (Lipinski definition) is 4. The molecule has 0 spiro atoms. The third-order valence-corrected chi connectivity index (χ3v) is 3.16. The fourth-order valence-electron chi connectivity index (χ4n) is 1.69. The van der Waals surface area contributed by atoms with E-state index in [1.54, 1.807) is 21.2 Å². The zero-order chi connectivity index (χ0) is 15.8. The van der Waals surface area contributed by atoms with Crippen molar-refractivity contribution >= 4 is 17.5 Å². The zero-order valence-electron chi connectivity index (χ0n) is 13.0. The molecule has 0 aromatic heterocycles. The molecule has 1 amide bonds. The third-order valence-electron chi connectivity index (χ3n) is 2.88. The first-order valence-electron chi connectivity index (χ1n) is 6.89. The van der Waals surface area contributed by atoms with Crippen molar-refractivity contribution in [2.45, 2.75) is 19.9 Å². The summed E-state index contributed by atoms with van der Waals surface area (Å²) >= 11 is 6.23. The van der Waals surface area contributed by atoms with E-state index in [-0.39, 0.29) is 12.5 Å². The van der Waals surface area contributed by atoms with Gasteiger partial charge in [-0.25, -0.2) is 0 Å². The van der Waals surface area contributed by atoms with Crippen molar-refractivity contribution < 1.29 is 14.3 Å². The number of benzene rings is 1. The van der Waals surface area contributed by atoms with Crippen molar-refractivity contribution in [3.8, 4) is 11.5 Å². The van der Waals surface area contributed by atoms with Crippen LogP contribution in [0.3, 0.4) is 0 Å². The van der Waals surface area contributed by atoms with Crippen molar-refractivity contribution in [2.75, 3.05) is 34.4 Å². The molecule has 0 aliphatic rings. The predicted molar refractivity (Wildman–Crippen MR) is 84.2 cm³/mol. The van der Waals surface area contributed by atoms with Crippen LogP contribution in [0.2, 0.25) is 5.02 Å². The lowest BCUT2D eigenvalue weighted by Gasteiger charge is -2.16. The van der Waals surface area contributed by atoms with E-state index in [0.717, 1.165) is 18.5 Å². The maximum absolute atomic E-state index is 11.6. The van der Waals surface area contributed by atoms with Gasteiger partial charge in [-0.3, -0.25) is 4.79 Å². The molecule has 5 nitrogen and oxygen atoms in total. The third kappa shape index (κ3) is 5.44. The Morgan fingerprint density at radius 3 is 2.67 bits per heavy atom. The van der Waals surface area contributed by atoms with Gasteiger partial charge in [0.05, 0.1) is 12.1 Å². The molecule has 0 saturated heterocycles. The predicted octanol–water partition coefficient (Wildman–Crippen LogP) is 2.32. The number of nitrogens with one attached hydrogen (secondary N) is 1. The normalized spacial score (nSPS) is 10.3. The van der Waals surface area contributed by atoms with E-state index in [1.165, 1.54) is 4.90 Å². The molecule has 118 valence electrons. The molecule has 0 bridgehead atoms. The number of likely N-dealkylation sites (N-methyl/N-ethyl adjacent to an activating group) is 1. The van der Waals surface area contributed by atoms with Gasteiger partial charge in [0, 0.05) is 20.6 Å². The number of methoxy groups -OCH3 is 1. The summed E-state index contributed by atoms with van der Waals surface area (Å²) in [6.45, 7) is 3.69. The first-order valence-corrected chi connectivity index (χ1v) is 7.27. The second-order valence-electron chi connectivity index (χ2n) is 4.86. The highest BCUT2D eigenvalue weighted by atomic mass is 35.5. The average Bonchev–Trinajstić information content (AvgIpc) is 2.45. The zero-order valence-corrected chi connectivity index (χ0v) is 13.8. The van der Waals surface area contributed by atoms with Crippen LogP contribution in [0.5, 0.6) is 11.5 Å². The maximum Gasteiger partial charge on any atom is 0.259 e. The van der Waals surface area contributed by atoms with Crippen molar-refractivity contribution in [1.29, 1.82) is 0 Å².